The zero-order valence-corrected chi connectivity index (χ0v) is 16.2. The van der Waals surface area contributed by atoms with E-state index < -0.39 is 28.4 Å². The van der Waals surface area contributed by atoms with Gasteiger partial charge in [0.2, 0.25) is 0 Å². The largest absolute Gasteiger partial charge is 1.00 e. The van der Waals surface area contributed by atoms with E-state index >= 15 is 0 Å². The van der Waals surface area contributed by atoms with Crippen LogP contribution in [0.4, 0.5) is 0 Å². The van der Waals surface area contributed by atoms with Crippen LogP contribution in [0.2, 0.25) is 0 Å². The number of unbranched alkanes of at least 4 members (excludes halogenated alkanes) is 1. The van der Waals surface area contributed by atoms with Crippen molar-refractivity contribution in [3.05, 3.63) is 35.9 Å². The van der Waals surface area contributed by atoms with Gasteiger partial charge >= 0.3 is 35.5 Å². The summed E-state index contributed by atoms with van der Waals surface area (Å²) in [5, 5.41) is 0. The van der Waals surface area contributed by atoms with Gasteiger partial charge in [0, 0.05) is 6.08 Å². The van der Waals surface area contributed by atoms with Crippen molar-refractivity contribution in [1.29, 1.82) is 0 Å². The van der Waals surface area contributed by atoms with Crippen molar-refractivity contribution in [2.24, 2.45) is 0 Å². The summed E-state index contributed by atoms with van der Waals surface area (Å²) in [6.07, 6.45) is 4.76. The van der Waals surface area contributed by atoms with E-state index in [9.17, 15) is 17.8 Å². The van der Waals surface area contributed by atoms with Gasteiger partial charge in [-0.05, 0) is 30.2 Å². The molecule has 122 valence electrons. The van der Waals surface area contributed by atoms with Gasteiger partial charge in [0.25, 0.3) is 0 Å². The normalized spacial score (nSPS) is 11.0. The molecular formula is C15H19NaO6S. The quantitative estimate of drug-likeness (QED) is 0.186. The summed E-state index contributed by atoms with van der Waals surface area (Å²) in [6, 6.07) is 7.16. The molecule has 23 heavy (non-hydrogen) atoms. The second-order valence-corrected chi connectivity index (χ2v) is 6.06. The van der Waals surface area contributed by atoms with E-state index in [0.717, 1.165) is 24.2 Å². The van der Waals surface area contributed by atoms with Crippen molar-refractivity contribution in [3.8, 4) is 5.75 Å². The van der Waals surface area contributed by atoms with Crippen molar-refractivity contribution in [3.63, 3.8) is 0 Å². The van der Waals surface area contributed by atoms with Gasteiger partial charge < -0.3 is 14.0 Å². The topological polar surface area (TPSA) is 92.7 Å². The van der Waals surface area contributed by atoms with Gasteiger partial charge in [-0.15, -0.1) is 0 Å². The summed E-state index contributed by atoms with van der Waals surface area (Å²) < 4.78 is 41.1. The Morgan fingerprint density at radius 3 is 2.43 bits per heavy atom. The van der Waals surface area contributed by atoms with Crippen LogP contribution >= 0.6 is 0 Å². The van der Waals surface area contributed by atoms with E-state index in [4.69, 9.17) is 4.74 Å². The monoisotopic (exact) mass is 350 g/mol. The Morgan fingerprint density at radius 2 is 1.87 bits per heavy atom. The minimum atomic E-state index is -4.37. The van der Waals surface area contributed by atoms with Crippen LogP contribution in [0.3, 0.4) is 0 Å². The number of carbonyl (C=O) groups excluding carboxylic acids is 1. The molecule has 1 aromatic rings. The standard InChI is InChI=1S/C15H20O6S.Na/c1-2-3-10-20-14-7-4-13(5-8-14)6-9-15(16)21-11-12-22(17,18)19;/h4-9H,2-3,10-12H2,1H3,(H,17,18,19);/q;+1/p-1/b9-6+;. The minimum absolute atomic E-state index is 0. The Hall–Kier alpha value is -0.860. The van der Waals surface area contributed by atoms with Crippen molar-refractivity contribution in [2.45, 2.75) is 19.8 Å². The molecule has 0 radical (unpaired) electrons. The molecule has 8 heteroatoms. The number of benzene rings is 1. The average molecular weight is 350 g/mol. The molecule has 0 aliphatic rings. The van der Waals surface area contributed by atoms with Crippen LogP contribution in [0, 0.1) is 0 Å². The maximum Gasteiger partial charge on any atom is 1.00 e. The molecule has 1 rings (SSSR count). The van der Waals surface area contributed by atoms with Gasteiger partial charge in [0.1, 0.15) is 12.4 Å². The number of hydrogen-bond acceptors (Lipinski definition) is 6. The predicted octanol–water partition coefficient (Wildman–Crippen LogP) is -1.03. The zero-order valence-electron chi connectivity index (χ0n) is 13.4. The fraction of sp³-hybridized carbons (Fsp3) is 0.400. The first-order chi connectivity index (χ1) is 10.4. The van der Waals surface area contributed by atoms with Crippen LogP contribution in [0.25, 0.3) is 6.08 Å². The molecule has 0 bridgehead atoms. The summed E-state index contributed by atoms with van der Waals surface area (Å²) in [7, 11) is -4.37. The Kier molecular flexibility index (Phi) is 11.2. The van der Waals surface area contributed by atoms with E-state index in [1.807, 2.05) is 0 Å². The summed E-state index contributed by atoms with van der Waals surface area (Å²) in [5.74, 6) is -0.670. The molecule has 0 amide bonds. The molecule has 0 atom stereocenters. The molecule has 0 N–H and O–H groups in total. The maximum atomic E-state index is 11.3. The minimum Gasteiger partial charge on any atom is -0.748 e. The third-order valence-corrected chi connectivity index (χ3v) is 3.30. The predicted molar refractivity (Wildman–Crippen MR) is 81.4 cm³/mol. The molecule has 0 fully saturated rings. The molecule has 0 aliphatic carbocycles. The third kappa shape index (κ3) is 11.3. The number of carbonyl (C=O) groups is 1. The summed E-state index contributed by atoms with van der Waals surface area (Å²) in [5.41, 5.74) is 0.774. The van der Waals surface area contributed by atoms with Gasteiger partial charge in [-0.3, -0.25) is 0 Å². The number of esters is 1. The van der Waals surface area contributed by atoms with Crippen LogP contribution in [-0.2, 0) is 19.6 Å². The maximum absolute atomic E-state index is 11.3. The molecule has 1 aromatic carbocycles. The zero-order chi connectivity index (χ0) is 16.4. The second-order valence-electron chi connectivity index (χ2n) is 4.53. The molecule has 0 heterocycles. The van der Waals surface area contributed by atoms with E-state index in [0.29, 0.717) is 6.61 Å². The molecular weight excluding hydrogens is 331 g/mol. The fourth-order valence-corrected chi connectivity index (χ4v) is 1.75. The van der Waals surface area contributed by atoms with E-state index in [1.165, 1.54) is 12.2 Å². The Morgan fingerprint density at radius 1 is 1.22 bits per heavy atom. The SMILES string of the molecule is CCCCOc1ccc(/C=C/C(=O)OCCS(=O)(=O)[O-])cc1.[Na+]. The van der Waals surface area contributed by atoms with Crippen molar-refractivity contribution < 1.29 is 56.8 Å². The van der Waals surface area contributed by atoms with Crippen molar-refractivity contribution in [2.75, 3.05) is 19.0 Å². The van der Waals surface area contributed by atoms with E-state index in [-0.39, 0.29) is 29.6 Å². The Balaban J connectivity index is 0.00000484. The van der Waals surface area contributed by atoms with Gasteiger partial charge in [-0.25, -0.2) is 13.2 Å². The smallest absolute Gasteiger partial charge is 0.748 e. The van der Waals surface area contributed by atoms with Crippen LogP contribution in [0.15, 0.2) is 30.3 Å². The first-order valence-electron chi connectivity index (χ1n) is 6.92. The van der Waals surface area contributed by atoms with Crippen LogP contribution in [-0.4, -0.2) is 37.9 Å². The van der Waals surface area contributed by atoms with Gasteiger partial charge in [-0.2, -0.15) is 0 Å². The number of ether oxygens (including phenoxy) is 2. The van der Waals surface area contributed by atoms with Crippen LogP contribution in [0.1, 0.15) is 25.3 Å². The van der Waals surface area contributed by atoms with E-state index in [2.05, 4.69) is 11.7 Å². The third-order valence-electron chi connectivity index (χ3n) is 2.64. The molecule has 0 saturated carbocycles. The van der Waals surface area contributed by atoms with Crippen LogP contribution in [0.5, 0.6) is 5.75 Å². The van der Waals surface area contributed by atoms with Crippen molar-refractivity contribution in [1.82, 2.24) is 0 Å². The number of rotatable bonds is 9. The molecule has 0 aliphatic heterocycles. The average Bonchev–Trinajstić information content (AvgIpc) is 2.45. The first-order valence-corrected chi connectivity index (χ1v) is 8.49. The summed E-state index contributed by atoms with van der Waals surface area (Å²) in [6.45, 7) is 2.31. The van der Waals surface area contributed by atoms with Gasteiger partial charge in [0.15, 0.2) is 0 Å². The number of hydrogen-bond donors (Lipinski definition) is 0. The van der Waals surface area contributed by atoms with Gasteiger partial charge in [0.05, 0.1) is 22.5 Å². The Bertz CT molecular complexity index is 595. The molecule has 0 saturated heterocycles. The first kappa shape index (κ1) is 22.1. The molecule has 0 aromatic heterocycles. The summed E-state index contributed by atoms with van der Waals surface area (Å²) in [4.78, 5) is 11.3. The molecule has 0 unspecified atom stereocenters. The fourth-order valence-electron chi connectivity index (χ4n) is 1.47. The van der Waals surface area contributed by atoms with E-state index in [1.54, 1.807) is 24.3 Å². The van der Waals surface area contributed by atoms with Gasteiger partial charge in [-0.1, -0.05) is 25.5 Å². The summed E-state index contributed by atoms with van der Waals surface area (Å²) >= 11 is 0. The molecule has 0 spiro atoms. The Labute approximate surface area is 158 Å². The van der Waals surface area contributed by atoms with Crippen molar-refractivity contribution >= 4 is 22.2 Å². The molecule has 6 nitrogen and oxygen atoms in total. The van der Waals surface area contributed by atoms with Crippen LogP contribution < -0.4 is 34.3 Å². The second kappa shape index (κ2) is 11.6.